The van der Waals surface area contributed by atoms with Crippen molar-refractivity contribution in [2.45, 2.75) is 19.9 Å². The number of likely N-dealkylation sites (N-methyl/N-ethyl adjacent to an activating group) is 1. The number of para-hydroxylation sites is 1. The molecule has 0 radical (unpaired) electrons. The second-order valence-corrected chi connectivity index (χ2v) is 6.36. The highest BCUT2D eigenvalue weighted by atomic mass is 16.5. The fourth-order valence-electron chi connectivity index (χ4n) is 3.51. The summed E-state index contributed by atoms with van der Waals surface area (Å²) in [6.45, 7) is 11.3. The van der Waals surface area contributed by atoms with Crippen LogP contribution in [0.25, 0.3) is 0 Å². The Morgan fingerprint density at radius 2 is 1.91 bits per heavy atom. The van der Waals surface area contributed by atoms with Gasteiger partial charge in [0.1, 0.15) is 0 Å². The van der Waals surface area contributed by atoms with E-state index < -0.39 is 0 Å². The lowest BCUT2D eigenvalue weighted by Gasteiger charge is -2.40. The van der Waals surface area contributed by atoms with Crippen LogP contribution < -0.4 is 4.90 Å². The van der Waals surface area contributed by atoms with Gasteiger partial charge in [-0.05, 0) is 25.6 Å². The molecular formula is C18H27N3O2. The van der Waals surface area contributed by atoms with Crippen LogP contribution in [0, 0.1) is 0 Å². The van der Waals surface area contributed by atoms with Crippen LogP contribution in [-0.4, -0.2) is 74.2 Å². The molecule has 1 aromatic carbocycles. The van der Waals surface area contributed by atoms with Gasteiger partial charge < -0.3 is 14.5 Å². The first-order valence-electron chi connectivity index (χ1n) is 8.65. The number of piperazine rings is 1. The first-order chi connectivity index (χ1) is 11.2. The maximum atomic E-state index is 13.1. The molecular weight excluding hydrogens is 290 g/mol. The Hall–Kier alpha value is -1.59. The van der Waals surface area contributed by atoms with E-state index in [0.717, 1.165) is 63.7 Å². The normalized spacial score (nSPS) is 23.1. The summed E-state index contributed by atoms with van der Waals surface area (Å²) in [4.78, 5) is 19.8. The van der Waals surface area contributed by atoms with E-state index in [-0.39, 0.29) is 11.9 Å². The van der Waals surface area contributed by atoms with Crippen LogP contribution in [0.5, 0.6) is 0 Å². The largest absolute Gasteiger partial charge is 0.378 e. The summed E-state index contributed by atoms with van der Waals surface area (Å²) in [6.07, 6.45) is 0. The molecule has 0 saturated carbocycles. The van der Waals surface area contributed by atoms with E-state index in [1.165, 1.54) is 0 Å². The molecule has 126 valence electrons. The molecule has 0 aliphatic carbocycles. The number of carbonyl (C=O) groups excluding carboxylic acids is 1. The summed E-state index contributed by atoms with van der Waals surface area (Å²) < 4.78 is 5.44. The van der Waals surface area contributed by atoms with Gasteiger partial charge in [-0.1, -0.05) is 19.1 Å². The second kappa shape index (κ2) is 7.32. The van der Waals surface area contributed by atoms with Crippen molar-refractivity contribution in [3.05, 3.63) is 29.8 Å². The Bertz CT molecular complexity index is 543. The number of hydrogen-bond donors (Lipinski definition) is 0. The van der Waals surface area contributed by atoms with Crippen LogP contribution >= 0.6 is 0 Å². The number of hydrogen-bond acceptors (Lipinski definition) is 4. The van der Waals surface area contributed by atoms with Crippen molar-refractivity contribution in [2.24, 2.45) is 0 Å². The Labute approximate surface area is 138 Å². The van der Waals surface area contributed by atoms with Gasteiger partial charge in [-0.2, -0.15) is 0 Å². The van der Waals surface area contributed by atoms with E-state index >= 15 is 0 Å². The molecule has 0 spiro atoms. The van der Waals surface area contributed by atoms with E-state index in [0.29, 0.717) is 0 Å². The molecule has 1 aromatic rings. The SMILES string of the molecule is CCN1CCN(C(=O)c2ccccc2N2CCOCC2)C(C)C1. The first-order valence-corrected chi connectivity index (χ1v) is 8.65. The number of morpholine rings is 1. The maximum absolute atomic E-state index is 13.1. The highest BCUT2D eigenvalue weighted by Crippen LogP contribution is 2.24. The maximum Gasteiger partial charge on any atom is 0.256 e. The smallest absolute Gasteiger partial charge is 0.256 e. The third kappa shape index (κ3) is 3.51. The van der Waals surface area contributed by atoms with Gasteiger partial charge in [-0.3, -0.25) is 9.69 Å². The molecule has 23 heavy (non-hydrogen) atoms. The van der Waals surface area contributed by atoms with Gasteiger partial charge in [0.15, 0.2) is 0 Å². The number of ether oxygens (including phenoxy) is 1. The molecule has 0 N–H and O–H groups in total. The monoisotopic (exact) mass is 317 g/mol. The zero-order chi connectivity index (χ0) is 16.2. The van der Waals surface area contributed by atoms with Gasteiger partial charge in [0.05, 0.1) is 18.8 Å². The van der Waals surface area contributed by atoms with Gasteiger partial charge in [0.25, 0.3) is 5.91 Å². The summed E-state index contributed by atoms with van der Waals surface area (Å²) in [6, 6.07) is 8.26. The van der Waals surface area contributed by atoms with Crippen LogP contribution in [0.2, 0.25) is 0 Å². The minimum atomic E-state index is 0.162. The number of amides is 1. The second-order valence-electron chi connectivity index (χ2n) is 6.36. The number of carbonyl (C=O) groups is 1. The topological polar surface area (TPSA) is 36.0 Å². The summed E-state index contributed by atoms with van der Waals surface area (Å²) in [7, 11) is 0. The van der Waals surface area contributed by atoms with E-state index in [1.54, 1.807) is 0 Å². The molecule has 2 saturated heterocycles. The molecule has 2 fully saturated rings. The molecule has 5 nitrogen and oxygen atoms in total. The fourth-order valence-corrected chi connectivity index (χ4v) is 3.51. The Balaban J connectivity index is 1.79. The Kier molecular flexibility index (Phi) is 5.18. The van der Waals surface area contributed by atoms with Crippen LogP contribution in [0.15, 0.2) is 24.3 Å². The van der Waals surface area contributed by atoms with Gasteiger partial charge in [-0.25, -0.2) is 0 Å². The number of nitrogens with zero attached hydrogens (tertiary/aromatic N) is 3. The lowest BCUT2D eigenvalue weighted by atomic mass is 10.1. The van der Waals surface area contributed by atoms with Crippen molar-refractivity contribution in [2.75, 3.05) is 57.4 Å². The molecule has 3 rings (SSSR count). The molecule has 2 heterocycles. The fraction of sp³-hybridized carbons (Fsp3) is 0.611. The van der Waals surface area contributed by atoms with Gasteiger partial charge in [0, 0.05) is 44.5 Å². The summed E-state index contributed by atoms with van der Waals surface area (Å²) in [5.74, 6) is 0.162. The van der Waals surface area contributed by atoms with Crippen LogP contribution in [0.4, 0.5) is 5.69 Å². The molecule has 0 bridgehead atoms. The predicted molar refractivity (Wildman–Crippen MR) is 92.1 cm³/mol. The molecule has 2 aliphatic rings. The number of benzene rings is 1. The predicted octanol–water partition coefficient (Wildman–Crippen LogP) is 1.69. The number of rotatable bonds is 3. The summed E-state index contributed by atoms with van der Waals surface area (Å²) in [5, 5.41) is 0. The Morgan fingerprint density at radius 1 is 1.17 bits per heavy atom. The van der Waals surface area contributed by atoms with Gasteiger partial charge in [0.2, 0.25) is 0 Å². The highest BCUT2D eigenvalue weighted by Gasteiger charge is 2.29. The van der Waals surface area contributed by atoms with E-state index in [4.69, 9.17) is 4.74 Å². The van der Waals surface area contributed by atoms with Crippen molar-refractivity contribution >= 4 is 11.6 Å². The minimum absolute atomic E-state index is 0.162. The van der Waals surface area contributed by atoms with Crippen molar-refractivity contribution in [1.29, 1.82) is 0 Å². The lowest BCUT2D eigenvalue weighted by molar-refractivity contribution is 0.0499. The van der Waals surface area contributed by atoms with E-state index in [9.17, 15) is 4.79 Å². The average Bonchev–Trinajstić information content (AvgIpc) is 2.62. The zero-order valence-corrected chi connectivity index (χ0v) is 14.2. The van der Waals surface area contributed by atoms with E-state index in [1.807, 2.05) is 23.1 Å². The van der Waals surface area contributed by atoms with E-state index in [2.05, 4.69) is 29.7 Å². The minimum Gasteiger partial charge on any atom is -0.378 e. The summed E-state index contributed by atoms with van der Waals surface area (Å²) >= 11 is 0. The van der Waals surface area contributed by atoms with Crippen molar-refractivity contribution in [3.8, 4) is 0 Å². The molecule has 1 amide bonds. The van der Waals surface area contributed by atoms with Crippen molar-refractivity contribution < 1.29 is 9.53 Å². The highest BCUT2D eigenvalue weighted by molar-refractivity contribution is 6.00. The van der Waals surface area contributed by atoms with Gasteiger partial charge >= 0.3 is 0 Å². The molecule has 1 atom stereocenters. The van der Waals surface area contributed by atoms with Crippen molar-refractivity contribution in [1.82, 2.24) is 9.80 Å². The first kappa shape index (κ1) is 16.3. The molecule has 5 heteroatoms. The van der Waals surface area contributed by atoms with Crippen LogP contribution in [0.3, 0.4) is 0 Å². The van der Waals surface area contributed by atoms with Crippen molar-refractivity contribution in [3.63, 3.8) is 0 Å². The van der Waals surface area contributed by atoms with Crippen LogP contribution in [0.1, 0.15) is 24.2 Å². The Morgan fingerprint density at radius 3 is 2.61 bits per heavy atom. The molecule has 1 unspecified atom stereocenters. The average molecular weight is 317 g/mol. The zero-order valence-electron chi connectivity index (χ0n) is 14.2. The molecule has 0 aromatic heterocycles. The van der Waals surface area contributed by atoms with Crippen LogP contribution in [-0.2, 0) is 4.74 Å². The number of anilines is 1. The quantitative estimate of drug-likeness (QED) is 0.850. The summed E-state index contributed by atoms with van der Waals surface area (Å²) in [5.41, 5.74) is 1.87. The third-order valence-corrected chi connectivity index (χ3v) is 4.91. The standard InChI is InChI=1S/C18H27N3O2/c1-3-19-8-9-21(15(2)14-19)18(22)16-6-4-5-7-17(16)20-10-12-23-13-11-20/h4-7,15H,3,8-14H2,1-2H3. The molecule has 2 aliphatic heterocycles. The third-order valence-electron chi connectivity index (χ3n) is 4.91. The lowest BCUT2D eigenvalue weighted by Crippen LogP contribution is -2.54. The van der Waals surface area contributed by atoms with Gasteiger partial charge in [-0.15, -0.1) is 0 Å².